The summed E-state index contributed by atoms with van der Waals surface area (Å²) < 4.78 is 6.70. The fraction of sp³-hybridized carbons (Fsp3) is 0. The van der Waals surface area contributed by atoms with Crippen LogP contribution in [0.3, 0.4) is 0 Å². The van der Waals surface area contributed by atoms with Crippen LogP contribution in [0.1, 0.15) is 0 Å². The van der Waals surface area contributed by atoms with Crippen molar-refractivity contribution in [3.63, 3.8) is 0 Å². The zero-order chi connectivity index (χ0) is 32.3. The maximum atomic E-state index is 6.70. The first kappa shape index (κ1) is 27.5. The lowest BCUT2D eigenvalue weighted by Crippen LogP contribution is -2.00. The molecule has 0 atom stereocenters. The first-order valence-electron chi connectivity index (χ1n) is 16.4. The fourth-order valence-corrected chi connectivity index (χ4v) is 7.17. The van der Waals surface area contributed by atoms with E-state index in [9.17, 15) is 0 Å². The molecule has 0 bridgehead atoms. The molecule has 10 aromatic rings. The Bertz CT molecular complexity index is 2820. The quantitative estimate of drug-likeness (QED) is 0.183. The van der Waals surface area contributed by atoms with Gasteiger partial charge >= 0.3 is 0 Å². The summed E-state index contributed by atoms with van der Waals surface area (Å²) in [6, 6.07) is 56.9. The van der Waals surface area contributed by atoms with Gasteiger partial charge in [0, 0.05) is 32.8 Å². The Morgan fingerprint density at radius 1 is 0.347 bits per heavy atom. The van der Waals surface area contributed by atoms with Crippen LogP contribution in [0.5, 0.6) is 0 Å². The number of furan rings is 1. The molecule has 228 valence electrons. The summed E-state index contributed by atoms with van der Waals surface area (Å²) in [5.41, 5.74) is 6.88. The Morgan fingerprint density at radius 3 is 1.71 bits per heavy atom. The van der Waals surface area contributed by atoms with E-state index in [1.54, 1.807) is 0 Å². The number of hydrogen-bond acceptors (Lipinski definition) is 4. The number of aromatic nitrogens is 3. The van der Waals surface area contributed by atoms with E-state index in [0.29, 0.717) is 17.5 Å². The van der Waals surface area contributed by atoms with Crippen LogP contribution < -0.4 is 0 Å². The molecule has 0 saturated heterocycles. The third-order valence-corrected chi connectivity index (χ3v) is 9.49. The molecule has 0 radical (unpaired) electrons. The molecule has 0 spiro atoms. The highest BCUT2D eigenvalue weighted by Gasteiger charge is 2.19. The van der Waals surface area contributed by atoms with E-state index in [1.165, 1.54) is 10.8 Å². The summed E-state index contributed by atoms with van der Waals surface area (Å²) in [5, 5.41) is 9.08. The number of fused-ring (bicyclic) bond motifs is 8. The molecule has 8 aromatic carbocycles. The summed E-state index contributed by atoms with van der Waals surface area (Å²) in [4.78, 5) is 15.1. The first-order chi connectivity index (χ1) is 24.3. The summed E-state index contributed by atoms with van der Waals surface area (Å²) >= 11 is 0. The monoisotopic (exact) mass is 625 g/mol. The third kappa shape index (κ3) is 4.49. The van der Waals surface area contributed by atoms with Gasteiger partial charge in [0.25, 0.3) is 0 Å². The third-order valence-electron chi connectivity index (χ3n) is 9.49. The van der Waals surface area contributed by atoms with E-state index in [4.69, 9.17) is 19.4 Å². The normalized spacial score (nSPS) is 11.7. The highest BCUT2D eigenvalue weighted by Crippen LogP contribution is 2.44. The molecule has 49 heavy (non-hydrogen) atoms. The van der Waals surface area contributed by atoms with Gasteiger partial charge in [0.2, 0.25) is 0 Å². The van der Waals surface area contributed by atoms with Crippen molar-refractivity contribution in [3.05, 3.63) is 164 Å². The average Bonchev–Trinajstić information content (AvgIpc) is 3.57. The van der Waals surface area contributed by atoms with Crippen LogP contribution in [-0.4, -0.2) is 15.0 Å². The van der Waals surface area contributed by atoms with Crippen LogP contribution in [0.25, 0.3) is 99.5 Å². The molecule has 0 aliphatic rings. The molecule has 2 heterocycles. The fourth-order valence-electron chi connectivity index (χ4n) is 7.17. The van der Waals surface area contributed by atoms with E-state index in [-0.39, 0.29) is 0 Å². The molecule has 0 aliphatic carbocycles. The summed E-state index contributed by atoms with van der Waals surface area (Å²) in [5.74, 6) is 1.93. The standard InChI is InChI=1S/C45H27N3O/c1-3-13-30(14-4-1)43-46-44(31-15-5-2-6-16-31)48-45(47-43)35-20-11-17-29-22-24-32(26-37(29)35)38-27-33-25-23-28-12-7-8-18-34(28)40(33)42-41(38)36-19-9-10-21-39(36)49-42/h1-27H. The molecule has 0 fully saturated rings. The van der Waals surface area contributed by atoms with E-state index in [1.807, 2.05) is 66.7 Å². The topological polar surface area (TPSA) is 51.8 Å². The minimum absolute atomic E-state index is 0.638. The molecule has 10 rings (SSSR count). The largest absolute Gasteiger partial charge is 0.455 e. The lowest BCUT2D eigenvalue weighted by Gasteiger charge is -2.13. The van der Waals surface area contributed by atoms with Gasteiger partial charge in [-0.15, -0.1) is 0 Å². The zero-order valence-electron chi connectivity index (χ0n) is 26.3. The molecule has 2 aromatic heterocycles. The van der Waals surface area contributed by atoms with Gasteiger partial charge in [0.1, 0.15) is 11.2 Å². The Balaban J connectivity index is 1.24. The van der Waals surface area contributed by atoms with E-state index in [0.717, 1.165) is 71.3 Å². The first-order valence-corrected chi connectivity index (χ1v) is 16.4. The second-order valence-corrected chi connectivity index (χ2v) is 12.4. The number of nitrogens with zero attached hydrogens (tertiary/aromatic N) is 3. The lowest BCUT2D eigenvalue weighted by atomic mass is 9.91. The predicted molar refractivity (Wildman–Crippen MR) is 201 cm³/mol. The molecular formula is C45H27N3O. The van der Waals surface area contributed by atoms with Crippen LogP contribution in [-0.2, 0) is 0 Å². The lowest BCUT2D eigenvalue weighted by molar-refractivity contribution is 0.673. The Kier molecular flexibility index (Phi) is 6.15. The van der Waals surface area contributed by atoms with Crippen molar-refractivity contribution in [3.8, 4) is 45.3 Å². The molecule has 0 unspecified atom stereocenters. The average molecular weight is 626 g/mol. The van der Waals surface area contributed by atoms with Crippen LogP contribution in [0.15, 0.2) is 168 Å². The van der Waals surface area contributed by atoms with Gasteiger partial charge in [-0.25, -0.2) is 15.0 Å². The minimum Gasteiger partial charge on any atom is -0.455 e. The van der Waals surface area contributed by atoms with Crippen molar-refractivity contribution in [1.82, 2.24) is 15.0 Å². The molecule has 4 nitrogen and oxygen atoms in total. The zero-order valence-corrected chi connectivity index (χ0v) is 26.3. The van der Waals surface area contributed by atoms with Gasteiger partial charge in [-0.2, -0.15) is 0 Å². The second-order valence-electron chi connectivity index (χ2n) is 12.4. The Labute approximate surface area is 282 Å². The maximum absolute atomic E-state index is 6.70. The van der Waals surface area contributed by atoms with Crippen molar-refractivity contribution in [1.29, 1.82) is 0 Å². The molecule has 4 heteroatoms. The van der Waals surface area contributed by atoms with E-state index < -0.39 is 0 Å². The molecule has 0 saturated carbocycles. The number of rotatable bonds is 4. The van der Waals surface area contributed by atoms with Gasteiger partial charge < -0.3 is 4.42 Å². The van der Waals surface area contributed by atoms with Crippen molar-refractivity contribution in [2.75, 3.05) is 0 Å². The smallest absolute Gasteiger partial charge is 0.164 e. The van der Waals surface area contributed by atoms with Crippen molar-refractivity contribution in [2.24, 2.45) is 0 Å². The highest BCUT2D eigenvalue weighted by atomic mass is 16.3. The molecule has 0 N–H and O–H groups in total. The summed E-state index contributed by atoms with van der Waals surface area (Å²) in [6.45, 7) is 0. The van der Waals surface area contributed by atoms with Crippen molar-refractivity contribution in [2.45, 2.75) is 0 Å². The van der Waals surface area contributed by atoms with Crippen LogP contribution in [0.4, 0.5) is 0 Å². The molecular weight excluding hydrogens is 599 g/mol. The summed E-state index contributed by atoms with van der Waals surface area (Å²) in [7, 11) is 0. The predicted octanol–water partition coefficient (Wildman–Crippen LogP) is 11.9. The van der Waals surface area contributed by atoms with Gasteiger partial charge in [-0.3, -0.25) is 0 Å². The Morgan fingerprint density at radius 2 is 0.939 bits per heavy atom. The number of hydrogen-bond donors (Lipinski definition) is 0. The minimum atomic E-state index is 0.638. The van der Waals surface area contributed by atoms with Crippen LogP contribution >= 0.6 is 0 Å². The van der Waals surface area contributed by atoms with E-state index >= 15 is 0 Å². The second kappa shape index (κ2) is 11.0. The van der Waals surface area contributed by atoms with Crippen molar-refractivity contribution >= 4 is 54.3 Å². The van der Waals surface area contributed by atoms with Gasteiger partial charge in [0.15, 0.2) is 17.5 Å². The van der Waals surface area contributed by atoms with Crippen molar-refractivity contribution < 1.29 is 4.42 Å². The SMILES string of the molecule is c1ccc(-c2nc(-c3ccccc3)nc(-c3cccc4ccc(-c5cc6ccc7ccccc7c6c6oc7ccccc7c56)cc34)n2)cc1. The highest BCUT2D eigenvalue weighted by molar-refractivity contribution is 6.27. The summed E-state index contributed by atoms with van der Waals surface area (Å²) in [6.07, 6.45) is 0. The Hall–Kier alpha value is -6.65. The van der Waals surface area contributed by atoms with E-state index in [2.05, 4.69) is 97.1 Å². The molecule has 0 amide bonds. The van der Waals surface area contributed by atoms with Gasteiger partial charge in [-0.1, -0.05) is 146 Å². The number of para-hydroxylation sites is 1. The van der Waals surface area contributed by atoms with Crippen LogP contribution in [0.2, 0.25) is 0 Å². The van der Waals surface area contributed by atoms with Gasteiger partial charge in [0.05, 0.1) is 0 Å². The molecule has 0 aliphatic heterocycles. The number of benzene rings is 8. The van der Waals surface area contributed by atoms with Crippen LogP contribution in [0, 0.1) is 0 Å². The van der Waals surface area contributed by atoms with Gasteiger partial charge in [-0.05, 0) is 56.3 Å². The maximum Gasteiger partial charge on any atom is 0.164 e.